The normalized spacial score (nSPS) is 20.1. The molecule has 3 saturated heterocycles. The number of phenolic OH excluding ortho intramolecular Hbond substituents is 1. The summed E-state index contributed by atoms with van der Waals surface area (Å²) in [5.41, 5.74) is 2.68. The summed E-state index contributed by atoms with van der Waals surface area (Å²) in [5, 5.41) is 13.3. The van der Waals surface area contributed by atoms with E-state index in [0.29, 0.717) is 86.8 Å². The van der Waals surface area contributed by atoms with Crippen LogP contribution in [0.25, 0.3) is 0 Å². The maximum Gasteiger partial charge on any atom is 0.410 e. The zero-order chi connectivity index (χ0) is 36.8. The quantitative estimate of drug-likeness (QED) is 0.345. The summed E-state index contributed by atoms with van der Waals surface area (Å²) in [5.74, 6) is -0.377. The third-order valence-electron chi connectivity index (χ3n) is 10.7. The van der Waals surface area contributed by atoms with Crippen LogP contribution in [0.4, 0.5) is 15.3 Å². The fourth-order valence-electron chi connectivity index (χ4n) is 7.77. The number of fused-ring (bicyclic) bond motifs is 1. The highest BCUT2D eigenvalue weighted by Gasteiger charge is 2.36. The Balaban J connectivity index is 1.05. The van der Waals surface area contributed by atoms with Crippen molar-refractivity contribution in [3.05, 3.63) is 56.5 Å². The minimum Gasteiger partial charge on any atom is -0.506 e. The van der Waals surface area contributed by atoms with E-state index in [1.54, 1.807) is 21.9 Å². The number of rotatable bonds is 9. The van der Waals surface area contributed by atoms with Gasteiger partial charge in [0.1, 0.15) is 5.75 Å². The Bertz CT molecular complexity index is 1580. The molecule has 0 spiro atoms. The van der Waals surface area contributed by atoms with E-state index in [1.165, 1.54) is 0 Å². The summed E-state index contributed by atoms with van der Waals surface area (Å²) < 4.78 is 12.1. The number of urea groups is 1. The number of piperazine rings is 1. The number of phenols is 1. The Kier molecular flexibility index (Phi) is 13.0. The van der Waals surface area contributed by atoms with Gasteiger partial charge in [-0.2, -0.15) is 0 Å². The van der Waals surface area contributed by atoms with Gasteiger partial charge in [0.15, 0.2) is 6.10 Å². The molecule has 0 aliphatic carbocycles. The van der Waals surface area contributed by atoms with Gasteiger partial charge in [-0.25, -0.2) is 9.59 Å². The molecule has 2 aromatic rings. The first kappa shape index (κ1) is 38.3. The Morgan fingerprint density at radius 3 is 2.21 bits per heavy atom. The lowest BCUT2D eigenvalue weighted by Gasteiger charge is -2.43. The first-order valence-corrected chi connectivity index (χ1v) is 19.9. The summed E-state index contributed by atoms with van der Waals surface area (Å²) in [7, 11) is 0. The molecule has 13 nitrogen and oxygen atoms in total. The number of likely N-dealkylation sites (tertiary alicyclic amines) is 2. The number of nitrogens with one attached hydrogen (secondary N) is 1. The number of esters is 1. The van der Waals surface area contributed by atoms with Crippen molar-refractivity contribution in [1.29, 1.82) is 0 Å². The summed E-state index contributed by atoms with van der Waals surface area (Å²) in [6.45, 7) is 8.08. The monoisotopic (exact) mass is 846 g/mol. The molecule has 52 heavy (non-hydrogen) atoms. The molecule has 0 radical (unpaired) electrons. The van der Waals surface area contributed by atoms with Crippen molar-refractivity contribution in [2.75, 3.05) is 77.4 Å². The molecule has 0 saturated carbocycles. The van der Waals surface area contributed by atoms with Crippen LogP contribution < -0.4 is 5.32 Å². The molecule has 0 aromatic heterocycles. The van der Waals surface area contributed by atoms with E-state index in [9.17, 15) is 24.3 Å². The number of hydrogen-bond donors (Lipinski definition) is 2. The third kappa shape index (κ3) is 9.39. The number of carbonyl (C=O) groups excluding carboxylic acids is 4. The van der Waals surface area contributed by atoms with Crippen LogP contribution in [0.2, 0.25) is 0 Å². The van der Waals surface area contributed by atoms with E-state index in [4.69, 9.17) is 9.47 Å². The van der Waals surface area contributed by atoms with E-state index >= 15 is 0 Å². The highest BCUT2D eigenvalue weighted by Crippen LogP contribution is 2.34. The number of ether oxygens (including phenoxy) is 2. The van der Waals surface area contributed by atoms with E-state index in [0.717, 1.165) is 49.2 Å². The van der Waals surface area contributed by atoms with E-state index in [1.807, 2.05) is 36.1 Å². The number of para-hydroxylation sites is 1. The largest absolute Gasteiger partial charge is 0.506 e. The highest BCUT2D eigenvalue weighted by molar-refractivity contribution is 9.11. The number of halogens is 2. The first-order valence-electron chi connectivity index (χ1n) is 18.3. The smallest absolute Gasteiger partial charge is 0.410 e. The summed E-state index contributed by atoms with van der Waals surface area (Å²) >= 11 is 6.76. The zero-order valence-corrected chi connectivity index (χ0v) is 32.8. The fraction of sp³-hybridized carbons (Fsp3) is 0.568. The Morgan fingerprint density at radius 2 is 1.54 bits per heavy atom. The molecule has 4 aliphatic heterocycles. The van der Waals surface area contributed by atoms with Gasteiger partial charge in [-0.3, -0.25) is 19.4 Å². The van der Waals surface area contributed by atoms with Gasteiger partial charge < -0.3 is 34.6 Å². The molecule has 4 heterocycles. The van der Waals surface area contributed by atoms with Gasteiger partial charge in [-0.1, -0.05) is 18.2 Å². The molecule has 6 rings (SSSR count). The highest BCUT2D eigenvalue weighted by atomic mass is 79.9. The lowest BCUT2D eigenvalue weighted by atomic mass is 10.0. The average Bonchev–Trinajstić information content (AvgIpc) is 3.31. The van der Waals surface area contributed by atoms with Crippen molar-refractivity contribution < 1.29 is 33.8 Å². The number of nitrogens with zero attached hydrogens (tertiary/aromatic N) is 5. The van der Waals surface area contributed by atoms with Gasteiger partial charge >= 0.3 is 18.1 Å². The Hall–Kier alpha value is -3.40. The van der Waals surface area contributed by atoms with Crippen molar-refractivity contribution in [1.82, 2.24) is 24.5 Å². The molecule has 4 amide bonds. The second kappa shape index (κ2) is 17.6. The number of amides is 4. The number of carbonyl (C=O) groups is 4. The average molecular weight is 849 g/mol. The Morgan fingerprint density at radius 1 is 0.885 bits per heavy atom. The first-order chi connectivity index (χ1) is 25.1. The lowest BCUT2D eigenvalue weighted by molar-refractivity contribution is -0.144. The lowest BCUT2D eigenvalue weighted by Crippen LogP contribution is -2.57. The van der Waals surface area contributed by atoms with Crippen molar-refractivity contribution in [3.8, 4) is 5.75 Å². The Labute approximate surface area is 321 Å². The van der Waals surface area contributed by atoms with Gasteiger partial charge in [0.2, 0.25) is 0 Å². The molecule has 1 atom stereocenters. The van der Waals surface area contributed by atoms with Crippen molar-refractivity contribution in [3.63, 3.8) is 0 Å². The molecule has 0 unspecified atom stereocenters. The van der Waals surface area contributed by atoms with E-state index in [2.05, 4.69) is 47.0 Å². The second-order valence-corrected chi connectivity index (χ2v) is 15.6. The molecule has 282 valence electrons. The molecule has 15 heteroatoms. The van der Waals surface area contributed by atoms with Crippen molar-refractivity contribution in [2.24, 2.45) is 0 Å². The number of hydrogen-bond acceptors (Lipinski definition) is 9. The van der Waals surface area contributed by atoms with Gasteiger partial charge in [0.05, 0.1) is 22.1 Å². The predicted octanol–water partition coefficient (Wildman–Crippen LogP) is 4.69. The van der Waals surface area contributed by atoms with Crippen molar-refractivity contribution >= 4 is 61.5 Å². The number of anilines is 1. The minimum absolute atomic E-state index is 0.0106. The van der Waals surface area contributed by atoms with Crippen LogP contribution in [-0.4, -0.2) is 144 Å². The SMILES string of the molecule is CCOC(=O)CN1CCC(N2CCN(C(=O)[C@@H](Cc3cc(Br)c(O)c(Br)c3)OC(=O)N3CCC(N4CCc5ccccc5NC4=O)CC3)CC2)CC1. The number of aromatic hydroxyl groups is 1. The topological polar surface area (TPSA) is 135 Å². The van der Waals surface area contributed by atoms with Gasteiger partial charge in [0, 0.05) is 83.1 Å². The van der Waals surface area contributed by atoms with Crippen LogP contribution in [0.1, 0.15) is 43.7 Å². The van der Waals surface area contributed by atoms with E-state index < -0.39 is 12.2 Å². The maximum atomic E-state index is 14.1. The third-order valence-corrected chi connectivity index (χ3v) is 11.9. The van der Waals surface area contributed by atoms with Gasteiger partial charge in [0.25, 0.3) is 5.91 Å². The van der Waals surface area contributed by atoms with Crippen LogP contribution in [0.5, 0.6) is 5.75 Å². The summed E-state index contributed by atoms with van der Waals surface area (Å²) in [6.07, 6.45) is 2.42. The molecular formula is C37H48Br2N6O7. The zero-order valence-electron chi connectivity index (χ0n) is 29.6. The number of piperidine rings is 2. The predicted molar refractivity (Wildman–Crippen MR) is 202 cm³/mol. The van der Waals surface area contributed by atoms with Crippen molar-refractivity contribution in [2.45, 2.75) is 63.6 Å². The molecular weight excluding hydrogens is 800 g/mol. The van der Waals surface area contributed by atoms with Gasteiger partial charge in [-0.05, 0) is 100 Å². The fourth-order valence-corrected chi connectivity index (χ4v) is 9.05. The van der Waals surface area contributed by atoms with Crippen LogP contribution >= 0.6 is 31.9 Å². The second-order valence-electron chi connectivity index (χ2n) is 13.9. The van der Waals surface area contributed by atoms with Gasteiger partial charge in [-0.15, -0.1) is 0 Å². The van der Waals surface area contributed by atoms with Crippen LogP contribution in [-0.2, 0) is 31.9 Å². The van der Waals surface area contributed by atoms with Crippen LogP contribution in [0, 0.1) is 0 Å². The summed E-state index contributed by atoms with van der Waals surface area (Å²) in [4.78, 5) is 62.6. The molecule has 2 aromatic carbocycles. The van der Waals surface area contributed by atoms with E-state index in [-0.39, 0.29) is 36.1 Å². The molecule has 2 N–H and O–H groups in total. The molecule has 4 aliphatic rings. The minimum atomic E-state index is -1.05. The standard InChI is InChI=1S/C37H48Br2N6O7/c1-2-51-33(46)24-41-12-8-27(9-13-41)42-17-19-43(20-18-42)35(48)32(23-25-21-29(38)34(47)30(39)22-25)52-37(50)44-14-10-28(11-15-44)45-16-7-26-5-3-4-6-31(26)40-36(45)49/h3-6,21-22,27-28,32,47H,2,7-20,23-24H2,1H3,(H,40,49)/t32-/m1/s1. The number of benzene rings is 2. The maximum absolute atomic E-state index is 14.1. The molecule has 0 bridgehead atoms. The molecule has 3 fully saturated rings. The summed E-state index contributed by atoms with van der Waals surface area (Å²) in [6, 6.07) is 11.6. The van der Waals surface area contributed by atoms with Crippen LogP contribution in [0.15, 0.2) is 45.3 Å². The van der Waals surface area contributed by atoms with Crippen LogP contribution in [0.3, 0.4) is 0 Å².